The van der Waals surface area contributed by atoms with E-state index in [1.54, 1.807) is 24.2 Å². The Kier molecular flexibility index (Phi) is 8.96. The fraction of sp³-hybridized carbons (Fsp3) is 0.184. The molecule has 0 fully saturated rings. The van der Waals surface area contributed by atoms with Gasteiger partial charge >= 0.3 is 0 Å². The lowest BCUT2D eigenvalue weighted by Gasteiger charge is -2.34. The van der Waals surface area contributed by atoms with Crippen LogP contribution in [0.25, 0.3) is 16.7 Å². The van der Waals surface area contributed by atoms with Crippen molar-refractivity contribution < 1.29 is 18.6 Å². The molecule has 0 radical (unpaired) electrons. The highest BCUT2D eigenvalue weighted by Crippen LogP contribution is 2.54. The second-order valence-corrected chi connectivity index (χ2v) is 17.0. The molecule has 0 unspecified atom stereocenters. The van der Waals surface area contributed by atoms with Crippen molar-refractivity contribution in [2.45, 2.75) is 17.5 Å². The number of nitrogens with zero attached hydrogens (tertiary/aromatic N) is 5. The van der Waals surface area contributed by atoms with E-state index in [4.69, 9.17) is 35.7 Å². The Morgan fingerprint density at radius 1 is 0.736 bits per heavy atom. The van der Waals surface area contributed by atoms with E-state index in [0.717, 1.165) is 71.5 Å². The van der Waals surface area contributed by atoms with Gasteiger partial charge in [-0.1, -0.05) is 35.7 Å². The molecule has 2 aromatic carbocycles. The van der Waals surface area contributed by atoms with Gasteiger partial charge in [0.15, 0.2) is 10.3 Å². The molecule has 5 aliphatic heterocycles. The van der Waals surface area contributed by atoms with Crippen LogP contribution in [-0.4, -0.2) is 50.0 Å². The quantitative estimate of drug-likeness (QED) is 0.166. The number of amidine groups is 2. The molecule has 2 spiro atoms. The molecular formula is C38H28BrFIN7O3S2. The van der Waals surface area contributed by atoms with Gasteiger partial charge in [0.2, 0.25) is 11.8 Å². The predicted octanol–water partition coefficient (Wildman–Crippen LogP) is 8.36. The largest absolute Gasteiger partial charge is 0.438 e. The van der Waals surface area contributed by atoms with E-state index in [-0.39, 0.29) is 5.82 Å². The number of nitrogens with two attached hydrogens (primary N) is 2. The first-order chi connectivity index (χ1) is 25.7. The van der Waals surface area contributed by atoms with Crippen molar-refractivity contribution in [2.75, 3.05) is 24.7 Å². The van der Waals surface area contributed by atoms with Crippen molar-refractivity contribution in [2.24, 2.45) is 21.5 Å². The topological polar surface area (TPSA) is 143 Å². The van der Waals surface area contributed by atoms with Crippen molar-refractivity contribution in [3.63, 3.8) is 0 Å². The molecule has 10 nitrogen and oxygen atoms in total. The average molecular weight is 921 g/mol. The highest BCUT2D eigenvalue weighted by atomic mass is 127. The minimum atomic E-state index is -0.729. The van der Waals surface area contributed by atoms with Crippen LogP contribution in [0.15, 0.2) is 99.9 Å². The van der Waals surface area contributed by atoms with Gasteiger partial charge in [-0.25, -0.2) is 24.3 Å². The maximum atomic E-state index is 13.8. The average Bonchev–Trinajstić information content (AvgIpc) is 3.76. The molecule has 5 aliphatic rings. The molecule has 0 bridgehead atoms. The first-order valence-corrected chi connectivity index (χ1v) is 20.4. The molecule has 0 amide bonds. The van der Waals surface area contributed by atoms with E-state index in [0.29, 0.717) is 45.8 Å². The fourth-order valence-corrected chi connectivity index (χ4v) is 9.81. The van der Waals surface area contributed by atoms with E-state index in [9.17, 15) is 4.39 Å². The zero-order chi connectivity index (χ0) is 36.3. The van der Waals surface area contributed by atoms with Crippen molar-refractivity contribution in [3.05, 3.63) is 127 Å². The maximum Gasteiger partial charge on any atom is 0.225 e. The summed E-state index contributed by atoms with van der Waals surface area (Å²) in [6.45, 7) is 1.29. The third kappa shape index (κ3) is 6.19. The number of thioether (sulfide) groups is 2. The van der Waals surface area contributed by atoms with Crippen molar-refractivity contribution >= 4 is 78.0 Å². The van der Waals surface area contributed by atoms with Crippen molar-refractivity contribution in [1.82, 2.24) is 15.0 Å². The number of pyridine rings is 3. The molecule has 10 rings (SSSR count). The molecule has 4 N–H and O–H groups in total. The Hall–Kier alpha value is -4.03. The van der Waals surface area contributed by atoms with Crippen LogP contribution in [0.5, 0.6) is 23.3 Å². The third-order valence-corrected chi connectivity index (χ3v) is 12.6. The van der Waals surface area contributed by atoms with Crippen LogP contribution < -0.4 is 20.9 Å². The number of benzene rings is 2. The van der Waals surface area contributed by atoms with Crippen molar-refractivity contribution in [3.8, 4) is 34.4 Å². The number of fused-ring (bicyclic) bond motifs is 8. The standard InChI is InChI=1S/C24H19FN4O2S.C14H9BrIN3OS/c25-18-6-16(9-27-11-18)14-3-4-21-19(7-14)24(13-32-23(26)29-24)20-8-17(10-28-22(20)31-21)15-2-1-5-30-12-15;15-7-3-10-12(18-5-7)20-11-2-1-8(16)4-9(11)14(10)6-21-13(17)19-14/h2-4,6-11H,1,5,12-13H2,(H2,26,29);1-5H,6H2,(H2,17,19)/t24-;14-/m00/s1. The molecular weight excluding hydrogens is 892 g/mol. The molecule has 8 heterocycles. The smallest absolute Gasteiger partial charge is 0.225 e. The minimum Gasteiger partial charge on any atom is -0.438 e. The maximum absolute atomic E-state index is 13.8. The molecule has 2 atom stereocenters. The van der Waals surface area contributed by atoms with Crippen molar-refractivity contribution in [1.29, 1.82) is 0 Å². The van der Waals surface area contributed by atoms with Gasteiger partial charge in [0, 0.05) is 66.0 Å². The van der Waals surface area contributed by atoms with E-state index in [1.165, 1.54) is 24.0 Å². The van der Waals surface area contributed by atoms with Crippen LogP contribution in [-0.2, 0) is 15.8 Å². The summed E-state index contributed by atoms with van der Waals surface area (Å²) in [4.78, 5) is 22.7. The first kappa shape index (κ1) is 34.7. The number of rotatable bonds is 2. The molecule has 53 heavy (non-hydrogen) atoms. The summed E-state index contributed by atoms with van der Waals surface area (Å²) in [6, 6.07) is 17.4. The predicted molar refractivity (Wildman–Crippen MR) is 218 cm³/mol. The number of hydrogen-bond donors (Lipinski definition) is 2. The van der Waals surface area contributed by atoms with Crippen LogP contribution in [0.2, 0.25) is 0 Å². The fourth-order valence-electron chi connectivity index (χ4n) is 7.09. The summed E-state index contributed by atoms with van der Waals surface area (Å²) in [5.41, 5.74) is 18.3. The normalized spacial score (nSPS) is 21.8. The van der Waals surface area contributed by atoms with Crippen LogP contribution in [0.3, 0.4) is 0 Å². The van der Waals surface area contributed by atoms with E-state index < -0.39 is 11.1 Å². The Bertz CT molecular complexity index is 2380. The first-order valence-electron chi connectivity index (χ1n) is 16.5. The molecule has 0 aliphatic carbocycles. The monoisotopic (exact) mass is 919 g/mol. The Morgan fingerprint density at radius 2 is 1.40 bits per heavy atom. The van der Waals surface area contributed by atoms with Gasteiger partial charge in [-0.05, 0) is 110 Å². The Morgan fingerprint density at radius 3 is 2.06 bits per heavy atom. The highest BCUT2D eigenvalue weighted by Gasteiger charge is 2.48. The molecule has 5 aromatic rings. The zero-order valence-electron chi connectivity index (χ0n) is 27.7. The molecule has 0 saturated heterocycles. The molecule has 15 heteroatoms. The summed E-state index contributed by atoms with van der Waals surface area (Å²) in [5, 5.41) is 1.12. The second-order valence-electron chi connectivity index (χ2n) is 12.8. The molecule has 266 valence electrons. The van der Waals surface area contributed by atoms with Crippen LogP contribution in [0, 0.1) is 9.39 Å². The number of halogens is 3. The summed E-state index contributed by atoms with van der Waals surface area (Å²) < 4.78 is 33.6. The van der Waals surface area contributed by atoms with Gasteiger partial charge in [-0.3, -0.25) is 4.98 Å². The number of aliphatic imine (C=N–C) groups is 2. The Labute approximate surface area is 334 Å². The SMILES string of the molecule is NC1=N[C@@]2(CS1)c1cc(-c3cncc(F)c3)ccc1Oc1ncc(C3=CCCOC3)cc12.NC1=N[C@@]2(CS1)c1cc(I)ccc1Oc1ncc(Br)cc12. The van der Waals surface area contributed by atoms with Gasteiger partial charge in [0.05, 0.1) is 19.4 Å². The highest BCUT2D eigenvalue weighted by molar-refractivity contribution is 14.1. The van der Waals surface area contributed by atoms with Crippen LogP contribution in [0.4, 0.5) is 4.39 Å². The molecule has 3 aromatic heterocycles. The summed E-state index contributed by atoms with van der Waals surface area (Å²) >= 11 is 8.86. The van der Waals surface area contributed by atoms with Gasteiger partial charge in [-0.2, -0.15) is 0 Å². The van der Waals surface area contributed by atoms with Gasteiger partial charge in [0.25, 0.3) is 0 Å². The molecule has 0 saturated carbocycles. The van der Waals surface area contributed by atoms with Gasteiger partial charge in [-0.15, -0.1) is 0 Å². The van der Waals surface area contributed by atoms with E-state index in [1.807, 2.05) is 42.6 Å². The van der Waals surface area contributed by atoms with Crippen LogP contribution >= 0.6 is 62.0 Å². The van der Waals surface area contributed by atoms with Crippen LogP contribution in [0.1, 0.15) is 34.2 Å². The van der Waals surface area contributed by atoms with E-state index in [2.05, 4.69) is 71.7 Å². The van der Waals surface area contributed by atoms with Gasteiger partial charge in [0.1, 0.15) is 28.4 Å². The second kappa shape index (κ2) is 13.7. The van der Waals surface area contributed by atoms with Gasteiger partial charge < -0.3 is 25.7 Å². The summed E-state index contributed by atoms with van der Waals surface area (Å²) in [5.74, 6) is 3.62. The van der Waals surface area contributed by atoms with E-state index >= 15 is 0 Å². The summed E-state index contributed by atoms with van der Waals surface area (Å²) in [6.07, 6.45) is 9.46. The summed E-state index contributed by atoms with van der Waals surface area (Å²) in [7, 11) is 0. The Balaban J connectivity index is 0.000000153. The minimum absolute atomic E-state index is 0.382. The zero-order valence-corrected chi connectivity index (χ0v) is 33.1. The number of ether oxygens (including phenoxy) is 3. The lowest BCUT2D eigenvalue weighted by atomic mass is 9.81. The third-order valence-electron chi connectivity index (χ3n) is 9.57. The number of hydrogen-bond acceptors (Lipinski definition) is 12. The number of aromatic nitrogens is 3. The lowest BCUT2D eigenvalue weighted by Crippen LogP contribution is -2.31. The lowest BCUT2D eigenvalue weighted by molar-refractivity contribution is 0.164.